The summed E-state index contributed by atoms with van der Waals surface area (Å²) in [5.74, 6) is 0.0422. The van der Waals surface area contributed by atoms with Gasteiger partial charge in [0.25, 0.3) is 0 Å². The smallest absolute Gasteiger partial charge is 0.328 e. The van der Waals surface area contributed by atoms with Gasteiger partial charge in [-0.15, -0.1) is 0 Å². The lowest BCUT2D eigenvalue weighted by Gasteiger charge is -2.14. The van der Waals surface area contributed by atoms with Gasteiger partial charge in [0, 0.05) is 6.20 Å². The molecule has 2 rings (SSSR count). The molecular weight excluding hydrogens is 224 g/mol. The summed E-state index contributed by atoms with van der Waals surface area (Å²) in [6, 6.07) is 3.05. The van der Waals surface area contributed by atoms with Crippen molar-refractivity contribution < 1.29 is 10.0 Å². The molecule has 7 nitrogen and oxygen atoms in total. The SMILES string of the molecule is N#Cc1ccnc(NC2(CO)CC2)c1[N+](=O)[O-]. The topological polar surface area (TPSA) is 112 Å². The van der Waals surface area contributed by atoms with Gasteiger partial charge in [-0.3, -0.25) is 10.1 Å². The number of nitrogens with zero attached hydrogens (tertiary/aromatic N) is 3. The summed E-state index contributed by atoms with van der Waals surface area (Å²) in [4.78, 5) is 14.1. The van der Waals surface area contributed by atoms with Gasteiger partial charge in [0.1, 0.15) is 11.6 Å². The minimum Gasteiger partial charge on any atom is -0.394 e. The van der Waals surface area contributed by atoms with Crippen LogP contribution in [0, 0.1) is 21.4 Å². The van der Waals surface area contributed by atoms with Crippen LogP contribution in [-0.2, 0) is 0 Å². The maximum absolute atomic E-state index is 10.9. The molecular formula is C10H10N4O3. The molecule has 0 aliphatic heterocycles. The molecule has 0 amide bonds. The van der Waals surface area contributed by atoms with Crippen molar-refractivity contribution in [2.75, 3.05) is 11.9 Å². The van der Waals surface area contributed by atoms with Gasteiger partial charge in [-0.2, -0.15) is 5.26 Å². The molecule has 1 aromatic rings. The molecule has 0 spiro atoms. The van der Waals surface area contributed by atoms with Crippen molar-refractivity contribution in [1.29, 1.82) is 5.26 Å². The molecule has 0 aromatic carbocycles. The summed E-state index contributed by atoms with van der Waals surface area (Å²) >= 11 is 0. The number of hydrogen-bond donors (Lipinski definition) is 2. The maximum atomic E-state index is 10.9. The maximum Gasteiger partial charge on any atom is 0.328 e. The number of aliphatic hydroxyl groups is 1. The minimum atomic E-state index is -0.638. The zero-order chi connectivity index (χ0) is 12.5. The molecule has 1 aromatic heterocycles. The predicted molar refractivity (Wildman–Crippen MR) is 58.3 cm³/mol. The number of nitro groups is 1. The van der Waals surface area contributed by atoms with E-state index >= 15 is 0 Å². The second-order valence-electron chi connectivity index (χ2n) is 3.99. The Morgan fingerprint density at radius 1 is 1.71 bits per heavy atom. The number of rotatable bonds is 4. The molecule has 1 aliphatic carbocycles. The van der Waals surface area contributed by atoms with Crippen molar-refractivity contribution in [2.24, 2.45) is 0 Å². The summed E-state index contributed by atoms with van der Waals surface area (Å²) in [5.41, 5.74) is -0.887. The van der Waals surface area contributed by atoms with Crippen LogP contribution in [0.4, 0.5) is 11.5 Å². The average Bonchev–Trinajstić information content (AvgIpc) is 3.08. The van der Waals surface area contributed by atoms with Crippen LogP contribution in [0.25, 0.3) is 0 Å². The van der Waals surface area contributed by atoms with E-state index in [9.17, 15) is 10.1 Å². The van der Waals surface area contributed by atoms with Gasteiger partial charge in [0.05, 0.1) is 17.1 Å². The van der Waals surface area contributed by atoms with Crippen LogP contribution in [0.1, 0.15) is 18.4 Å². The first-order chi connectivity index (χ1) is 8.12. The number of aromatic nitrogens is 1. The van der Waals surface area contributed by atoms with Gasteiger partial charge < -0.3 is 10.4 Å². The molecule has 1 saturated carbocycles. The molecule has 7 heteroatoms. The van der Waals surface area contributed by atoms with Gasteiger partial charge >= 0.3 is 5.69 Å². The lowest BCUT2D eigenvalue weighted by Crippen LogP contribution is -2.26. The Labute approximate surface area is 96.9 Å². The molecule has 88 valence electrons. The Balaban J connectivity index is 2.40. The molecule has 0 atom stereocenters. The zero-order valence-corrected chi connectivity index (χ0v) is 8.88. The van der Waals surface area contributed by atoms with E-state index in [1.165, 1.54) is 12.3 Å². The van der Waals surface area contributed by atoms with Crippen molar-refractivity contribution in [1.82, 2.24) is 4.98 Å². The molecule has 0 saturated heterocycles. The number of pyridine rings is 1. The van der Waals surface area contributed by atoms with E-state index in [0.717, 1.165) is 12.8 Å². The highest BCUT2D eigenvalue weighted by Gasteiger charge is 2.44. The Kier molecular flexibility index (Phi) is 2.65. The third kappa shape index (κ3) is 2.03. The summed E-state index contributed by atoms with van der Waals surface area (Å²) in [6.45, 7) is -0.109. The molecule has 17 heavy (non-hydrogen) atoms. The van der Waals surface area contributed by atoms with Gasteiger partial charge in [-0.25, -0.2) is 4.98 Å². The minimum absolute atomic E-state index is 0.0405. The monoisotopic (exact) mass is 234 g/mol. The first-order valence-electron chi connectivity index (χ1n) is 5.04. The first kappa shape index (κ1) is 11.3. The van der Waals surface area contributed by atoms with Crippen LogP contribution in [0.5, 0.6) is 0 Å². The number of hydrogen-bond acceptors (Lipinski definition) is 6. The van der Waals surface area contributed by atoms with Crippen LogP contribution < -0.4 is 5.32 Å². The number of aliphatic hydroxyl groups excluding tert-OH is 1. The number of anilines is 1. The van der Waals surface area contributed by atoms with Crippen molar-refractivity contribution in [3.8, 4) is 6.07 Å². The van der Waals surface area contributed by atoms with E-state index in [-0.39, 0.29) is 23.7 Å². The lowest BCUT2D eigenvalue weighted by molar-refractivity contribution is -0.384. The molecule has 0 bridgehead atoms. The molecule has 1 aliphatic rings. The predicted octanol–water partition coefficient (Wildman–Crippen LogP) is 0.798. The van der Waals surface area contributed by atoms with E-state index in [1.54, 1.807) is 6.07 Å². The molecule has 1 heterocycles. The Bertz CT molecular complexity index is 505. The van der Waals surface area contributed by atoms with Crippen LogP contribution in [0.2, 0.25) is 0 Å². The summed E-state index contributed by atoms with van der Waals surface area (Å²) in [7, 11) is 0. The van der Waals surface area contributed by atoms with E-state index in [0.29, 0.717) is 0 Å². The normalized spacial score (nSPS) is 16.0. The Hall–Kier alpha value is -2.20. The quantitative estimate of drug-likeness (QED) is 0.588. The number of nitriles is 1. The van der Waals surface area contributed by atoms with E-state index in [1.807, 2.05) is 0 Å². The molecule has 2 N–H and O–H groups in total. The second kappa shape index (κ2) is 3.99. The van der Waals surface area contributed by atoms with Gasteiger partial charge in [0.2, 0.25) is 5.82 Å². The van der Waals surface area contributed by atoms with E-state index in [2.05, 4.69) is 10.3 Å². The van der Waals surface area contributed by atoms with Crippen molar-refractivity contribution in [2.45, 2.75) is 18.4 Å². The zero-order valence-electron chi connectivity index (χ0n) is 8.88. The fraction of sp³-hybridized carbons (Fsp3) is 0.400. The Morgan fingerprint density at radius 3 is 2.88 bits per heavy atom. The van der Waals surface area contributed by atoms with Crippen LogP contribution in [0.15, 0.2) is 12.3 Å². The average molecular weight is 234 g/mol. The van der Waals surface area contributed by atoms with Gasteiger partial charge in [-0.05, 0) is 18.9 Å². The summed E-state index contributed by atoms with van der Waals surface area (Å²) in [6.07, 6.45) is 2.81. The summed E-state index contributed by atoms with van der Waals surface area (Å²) < 4.78 is 0. The second-order valence-corrected chi connectivity index (χ2v) is 3.99. The van der Waals surface area contributed by atoms with Crippen LogP contribution in [-0.4, -0.2) is 27.2 Å². The molecule has 0 unspecified atom stereocenters. The van der Waals surface area contributed by atoms with Crippen molar-refractivity contribution in [3.05, 3.63) is 27.9 Å². The van der Waals surface area contributed by atoms with Crippen molar-refractivity contribution >= 4 is 11.5 Å². The van der Waals surface area contributed by atoms with Gasteiger partial charge in [0.15, 0.2) is 0 Å². The van der Waals surface area contributed by atoms with Gasteiger partial charge in [-0.1, -0.05) is 0 Å². The third-order valence-corrected chi connectivity index (χ3v) is 2.77. The largest absolute Gasteiger partial charge is 0.394 e. The van der Waals surface area contributed by atoms with Crippen LogP contribution >= 0.6 is 0 Å². The standard InChI is InChI=1S/C10H10N4O3/c11-5-7-1-4-12-9(8(7)14(16)17)13-10(6-15)2-3-10/h1,4,15H,2-3,6H2,(H,12,13). The summed E-state index contributed by atoms with van der Waals surface area (Å²) in [5, 5.41) is 31.7. The van der Waals surface area contributed by atoms with E-state index < -0.39 is 10.5 Å². The van der Waals surface area contributed by atoms with E-state index in [4.69, 9.17) is 10.4 Å². The third-order valence-electron chi connectivity index (χ3n) is 2.77. The molecule has 1 fully saturated rings. The highest BCUT2D eigenvalue weighted by Crippen LogP contribution is 2.40. The van der Waals surface area contributed by atoms with Crippen LogP contribution in [0.3, 0.4) is 0 Å². The molecule has 0 radical (unpaired) electrons. The fourth-order valence-corrected chi connectivity index (χ4v) is 1.55. The Morgan fingerprint density at radius 2 is 2.41 bits per heavy atom. The number of nitrogens with one attached hydrogen (secondary N) is 1. The first-order valence-corrected chi connectivity index (χ1v) is 5.04. The van der Waals surface area contributed by atoms with Crippen molar-refractivity contribution in [3.63, 3.8) is 0 Å². The fourth-order valence-electron chi connectivity index (χ4n) is 1.55. The highest BCUT2D eigenvalue weighted by atomic mass is 16.6. The lowest BCUT2D eigenvalue weighted by atomic mass is 10.2. The highest BCUT2D eigenvalue weighted by molar-refractivity contribution is 5.65.